The summed E-state index contributed by atoms with van der Waals surface area (Å²) in [6, 6.07) is 16.9. The Kier molecular flexibility index (Phi) is 3.22. The van der Waals surface area contributed by atoms with E-state index in [0.29, 0.717) is 16.7 Å². The SMILES string of the molecule is O=C(c1ccccc1)c1oc2ccccc2c1CBr. The molecule has 0 atom stereocenters. The Morgan fingerprint density at radius 3 is 2.42 bits per heavy atom. The number of benzene rings is 2. The van der Waals surface area contributed by atoms with Crippen molar-refractivity contribution >= 4 is 32.7 Å². The number of hydrogen-bond acceptors (Lipinski definition) is 2. The Morgan fingerprint density at radius 2 is 1.68 bits per heavy atom. The fourth-order valence-electron chi connectivity index (χ4n) is 2.14. The van der Waals surface area contributed by atoms with E-state index < -0.39 is 0 Å². The maximum atomic E-state index is 12.5. The zero-order valence-electron chi connectivity index (χ0n) is 10.1. The molecule has 3 rings (SSSR count). The van der Waals surface area contributed by atoms with E-state index >= 15 is 0 Å². The van der Waals surface area contributed by atoms with E-state index in [1.54, 1.807) is 12.1 Å². The van der Waals surface area contributed by atoms with Gasteiger partial charge in [0.15, 0.2) is 5.76 Å². The molecule has 0 fully saturated rings. The molecule has 0 aliphatic rings. The zero-order chi connectivity index (χ0) is 13.2. The molecule has 0 amide bonds. The number of carbonyl (C=O) groups excluding carboxylic acids is 1. The van der Waals surface area contributed by atoms with Gasteiger partial charge in [-0.1, -0.05) is 64.5 Å². The molecule has 1 aromatic heterocycles. The number of carbonyl (C=O) groups is 1. The first-order valence-electron chi connectivity index (χ1n) is 5.97. The van der Waals surface area contributed by atoms with E-state index in [4.69, 9.17) is 4.42 Å². The summed E-state index contributed by atoms with van der Waals surface area (Å²) in [7, 11) is 0. The van der Waals surface area contributed by atoms with Crippen molar-refractivity contribution in [3.05, 3.63) is 71.5 Å². The highest BCUT2D eigenvalue weighted by atomic mass is 79.9. The van der Waals surface area contributed by atoms with Crippen LogP contribution in [0.3, 0.4) is 0 Å². The average molecular weight is 315 g/mol. The lowest BCUT2D eigenvalue weighted by Gasteiger charge is -1.99. The fraction of sp³-hybridized carbons (Fsp3) is 0.0625. The summed E-state index contributed by atoms with van der Waals surface area (Å²) in [6.45, 7) is 0. The standard InChI is InChI=1S/C16H11BrO2/c17-10-13-12-8-4-5-9-14(12)19-16(13)15(18)11-6-2-1-3-7-11/h1-9H,10H2. The Hall–Kier alpha value is -1.87. The molecule has 1 heterocycles. The van der Waals surface area contributed by atoms with Crippen LogP contribution in [0.1, 0.15) is 21.7 Å². The molecule has 0 aliphatic carbocycles. The van der Waals surface area contributed by atoms with Gasteiger partial charge in [0.2, 0.25) is 5.78 Å². The second-order valence-corrected chi connectivity index (χ2v) is 4.80. The van der Waals surface area contributed by atoms with Gasteiger partial charge in [0.25, 0.3) is 0 Å². The third-order valence-electron chi connectivity index (χ3n) is 3.07. The first-order valence-corrected chi connectivity index (χ1v) is 7.09. The molecule has 0 aliphatic heterocycles. The Bertz CT molecular complexity index is 729. The molecule has 94 valence electrons. The minimum absolute atomic E-state index is 0.0775. The van der Waals surface area contributed by atoms with Crippen LogP contribution in [0.25, 0.3) is 11.0 Å². The molecule has 0 N–H and O–H groups in total. The maximum absolute atomic E-state index is 12.5. The number of para-hydroxylation sites is 1. The fourth-order valence-corrected chi connectivity index (χ4v) is 2.69. The third kappa shape index (κ3) is 2.10. The van der Waals surface area contributed by atoms with Crippen LogP contribution in [0.15, 0.2) is 59.0 Å². The van der Waals surface area contributed by atoms with Gasteiger partial charge in [-0.05, 0) is 6.07 Å². The summed E-state index contributed by atoms with van der Waals surface area (Å²) in [5.74, 6) is 0.343. The lowest BCUT2D eigenvalue weighted by Crippen LogP contribution is -2.01. The highest BCUT2D eigenvalue weighted by Gasteiger charge is 2.20. The quantitative estimate of drug-likeness (QED) is 0.524. The van der Waals surface area contributed by atoms with Gasteiger partial charge in [0.05, 0.1) is 0 Å². The summed E-state index contributed by atoms with van der Waals surface area (Å²) in [5.41, 5.74) is 2.30. The molecular formula is C16H11BrO2. The van der Waals surface area contributed by atoms with Gasteiger partial charge in [-0.3, -0.25) is 4.79 Å². The summed E-state index contributed by atoms with van der Waals surface area (Å²) < 4.78 is 5.73. The average Bonchev–Trinajstić information content (AvgIpc) is 2.85. The van der Waals surface area contributed by atoms with Gasteiger partial charge >= 0.3 is 0 Å². The summed E-state index contributed by atoms with van der Waals surface area (Å²) in [5, 5.41) is 1.58. The van der Waals surface area contributed by atoms with Gasteiger partial charge in [0.1, 0.15) is 5.58 Å². The lowest BCUT2D eigenvalue weighted by molar-refractivity contribution is 0.101. The number of halogens is 1. The maximum Gasteiger partial charge on any atom is 0.228 e. The van der Waals surface area contributed by atoms with E-state index in [0.717, 1.165) is 16.5 Å². The summed E-state index contributed by atoms with van der Waals surface area (Å²) in [6.07, 6.45) is 0. The molecule has 0 saturated heterocycles. The number of rotatable bonds is 3. The van der Waals surface area contributed by atoms with Crippen molar-refractivity contribution in [2.45, 2.75) is 5.33 Å². The second-order valence-electron chi connectivity index (χ2n) is 4.23. The molecule has 0 saturated carbocycles. The first kappa shape index (κ1) is 12.2. The van der Waals surface area contributed by atoms with Crippen LogP contribution in [0, 0.1) is 0 Å². The van der Waals surface area contributed by atoms with Crippen LogP contribution >= 0.6 is 15.9 Å². The molecular weight excluding hydrogens is 304 g/mol. The molecule has 0 bridgehead atoms. The molecule has 19 heavy (non-hydrogen) atoms. The molecule has 2 aromatic carbocycles. The van der Waals surface area contributed by atoms with Crippen LogP contribution in [0.2, 0.25) is 0 Å². The monoisotopic (exact) mass is 314 g/mol. The Balaban J connectivity index is 2.17. The van der Waals surface area contributed by atoms with Crippen molar-refractivity contribution in [2.75, 3.05) is 0 Å². The van der Waals surface area contributed by atoms with Gasteiger partial charge in [0, 0.05) is 21.8 Å². The second kappa shape index (κ2) is 5.02. The van der Waals surface area contributed by atoms with E-state index in [2.05, 4.69) is 15.9 Å². The smallest absolute Gasteiger partial charge is 0.228 e. The lowest BCUT2D eigenvalue weighted by atomic mass is 10.1. The number of alkyl halides is 1. The molecule has 0 spiro atoms. The van der Waals surface area contributed by atoms with Crippen molar-refractivity contribution in [3.63, 3.8) is 0 Å². The van der Waals surface area contributed by atoms with E-state index in [9.17, 15) is 4.79 Å². The molecule has 2 nitrogen and oxygen atoms in total. The van der Waals surface area contributed by atoms with Crippen molar-refractivity contribution in [1.29, 1.82) is 0 Å². The van der Waals surface area contributed by atoms with Crippen LogP contribution in [-0.2, 0) is 5.33 Å². The number of ketones is 1. The van der Waals surface area contributed by atoms with Crippen molar-refractivity contribution in [2.24, 2.45) is 0 Å². The Morgan fingerprint density at radius 1 is 1.00 bits per heavy atom. The zero-order valence-corrected chi connectivity index (χ0v) is 11.7. The van der Waals surface area contributed by atoms with Crippen molar-refractivity contribution < 1.29 is 9.21 Å². The topological polar surface area (TPSA) is 30.2 Å². The minimum atomic E-state index is -0.0775. The molecule has 0 radical (unpaired) electrons. The molecule has 3 aromatic rings. The third-order valence-corrected chi connectivity index (χ3v) is 3.63. The van der Waals surface area contributed by atoms with E-state index in [1.165, 1.54) is 0 Å². The highest BCUT2D eigenvalue weighted by molar-refractivity contribution is 9.08. The van der Waals surface area contributed by atoms with Gasteiger partial charge in [-0.15, -0.1) is 0 Å². The van der Waals surface area contributed by atoms with Crippen LogP contribution in [-0.4, -0.2) is 5.78 Å². The van der Waals surface area contributed by atoms with Crippen molar-refractivity contribution in [1.82, 2.24) is 0 Å². The van der Waals surface area contributed by atoms with Crippen LogP contribution in [0.5, 0.6) is 0 Å². The predicted molar refractivity (Wildman–Crippen MR) is 78.7 cm³/mol. The van der Waals surface area contributed by atoms with Gasteiger partial charge in [-0.25, -0.2) is 0 Å². The largest absolute Gasteiger partial charge is 0.452 e. The molecule has 0 unspecified atom stereocenters. The number of fused-ring (bicyclic) bond motifs is 1. The normalized spacial score (nSPS) is 10.8. The van der Waals surface area contributed by atoms with Crippen molar-refractivity contribution in [3.8, 4) is 0 Å². The van der Waals surface area contributed by atoms with Gasteiger partial charge < -0.3 is 4.42 Å². The minimum Gasteiger partial charge on any atom is -0.452 e. The summed E-state index contributed by atoms with van der Waals surface area (Å²) >= 11 is 3.44. The Labute approximate surface area is 119 Å². The van der Waals surface area contributed by atoms with E-state index in [1.807, 2.05) is 42.5 Å². The van der Waals surface area contributed by atoms with Crippen LogP contribution in [0.4, 0.5) is 0 Å². The number of furan rings is 1. The van der Waals surface area contributed by atoms with Crippen LogP contribution < -0.4 is 0 Å². The highest BCUT2D eigenvalue weighted by Crippen LogP contribution is 2.29. The first-order chi connectivity index (χ1) is 9.31. The number of hydrogen-bond donors (Lipinski definition) is 0. The van der Waals surface area contributed by atoms with E-state index in [-0.39, 0.29) is 5.78 Å². The summed E-state index contributed by atoms with van der Waals surface area (Å²) in [4.78, 5) is 12.5. The molecule has 3 heteroatoms. The predicted octanol–water partition coefficient (Wildman–Crippen LogP) is 4.56. The van der Waals surface area contributed by atoms with Gasteiger partial charge in [-0.2, -0.15) is 0 Å².